The van der Waals surface area contributed by atoms with E-state index in [1.807, 2.05) is 0 Å². The molecule has 7 nitrogen and oxygen atoms in total. The van der Waals surface area contributed by atoms with Gasteiger partial charge in [-0.15, -0.1) is 0 Å². The van der Waals surface area contributed by atoms with Crippen molar-refractivity contribution in [3.63, 3.8) is 0 Å². The summed E-state index contributed by atoms with van der Waals surface area (Å²) in [7, 11) is 0. The maximum atomic E-state index is 13.4. The van der Waals surface area contributed by atoms with Crippen LogP contribution in [0.25, 0.3) is 27.8 Å². The Hall–Kier alpha value is -3.35. The molecule has 3 rings (SSSR count). The number of rotatable bonds is 3. The van der Waals surface area contributed by atoms with Crippen molar-refractivity contribution >= 4 is 34.0 Å². The van der Waals surface area contributed by atoms with Crippen molar-refractivity contribution in [1.82, 2.24) is 19.5 Å². The lowest BCUT2D eigenvalue weighted by atomic mass is 10.3. The summed E-state index contributed by atoms with van der Waals surface area (Å²) in [5.41, 5.74) is 6.14. The molecule has 0 radical (unpaired) electrons. The number of imidazole rings is 1. The Kier molecular flexibility index (Phi) is 3.69. The Labute approximate surface area is 132 Å². The van der Waals surface area contributed by atoms with Crippen molar-refractivity contribution < 1.29 is 13.2 Å². The molecule has 3 N–H and O–H groups in total. The SMILES string of the molecule is N#CCN=CC(=CN)n1c(C(F)(F)F)nc2cnc3[nH]ccc3c21. The molecular formula is C14H10F3N7. The lowest BCUT2D eigenvalue weighted by Crippen LogP contribution is -2.16. The summed E-state index contributed by atoms with van der Waals surface area (Å²) in [4.78, 5) is 14.3. The van der Waals surface area contributed by atoms with Gasteiger partial charge in [0.2, 0.25) is 5.82 Å². The fraction of sp³-hybridized carbons (Fsp3) is 0.143. The summed E-state index contributed by atoms with van der Waals surface area (Å²) in [6.07, 6.45) is 0.200. The average Bonchev–Trinajstić information content (AvgIpc) is 3.14. The molecule has 122 valence electrons. The van der Waals surface area contributed by atoms with Crippen LogP contribution in [0.15, 0.2) is 29.7 Å². The van der Waals surface area contributed by atoms with E-state index in [9.17, 15) is 13.2 Å². The number of aromatic amines is 1. The van der Waals surface area contributed by atoms with Crippen LogP contribution in [0.2, 0.25) is 0 Å². The van der Waals surface area contributed by atoms with E-state index in [-0.39, 0.29) is 23.3 Å². The summed E-state index contributed by atoms with van der Waals surface area (Å²) in [5, 5.41) is 8.99. The van der Waals surface area contributed by atoms with Crippen molar-refractivity contribution in [3.05, 3.63) is 30.5 Å². The highest BCUT2D eigenvalue weighted by Crippen LogP contribution is 2.35. The van der Waals surface area contributed by atoms with Gasteiger partial charge >= 0.3 is 6.18 Å². The summed E-state index contributed by atoms with van der Waals surface area (Å²) in [5.74, 6) is -1.15. The number of fused-ring (bicyclic) bond motifs is 3. The number of aromatic nitrogens is 4. The van der Waals surface area contributed by atoms with E-state index in [4.69, 9.17) is 11.0 Å². The van der Waals surface area contributed by atoms with Gasteiger partial charge in [-0.25, -0.2) is 9.97 Å². The Bertz CT molecular complexity index is 1000. The minimum absolute atomic E-state index is 0.0474. The third kappa shape index (κ3) is 2.45. The molecule has 0 aliphatic carbocycles. The number of H-pyrrole nitrogens is 1. The normalized spacial score (nSPS) is 13.2. The number of nitrogens with zero attached hydrogens (tertiary/aromatic N) is 5. The number of halogens is 3. The van der Waals surface area contributed by atoms with Crippen LogP contribution in [0.5, 0.6) is 0 Å². The molecule has 3 aromatic rings. The van der Waals surface area contributed by atoms with Gasteiger partial charge in [0.25, 0.3) is 0 Å². The number of nitrogens with one attached hydrogen (secondary N) is 1. The second-order valence-corrected chi connectivity index (χ2v) is 4.72. The summed E-state index contributed by atoms with van der Waals surface area (Å²) < 4.78 is 41.1. The molecule has 3 heterocycles. The molecule has 0 amide bonds. The number of nitriles is 1. The number of aliphatic imine (C=N–C) groups is 1. The van der Waals surface area contributed by atoms with Crippen molar-refractivity contribution in [2.75, 3.05) is 6.54 Å². The van der Waals surface area contributed by atoms with Gasteiger partial charge in [-0.2, -0.15) is 18.4 Å². The number of nitrogens with two attached hydrogens (primary N) is 1. The zero-order valence-electron chi connectivity index (χ0n) is 12.0. The van der Waals surface area contributed by atoms with Gasteiger partial charge in [0.15, 0.2) is 0 Å². The average molecular weight is 333 g/mol. The maximum absolute atomic E-state index is 13.4. The molecule has 0 spiro atoms. The molecule has 0 unspecified atom stereocenters. The fourth-order valence-electron chi connectivity index (χ4n) is 2.37. The minimum atomic E-state index is -4.71. The Balaban J connectivity index is 2.38. The first-order chi connectivity index (χ1) is 11.5. The standard InChI is InChI=1S/C14H10F3N7/c15-14(16,17)13-23-10-7-22-12-9(1-3-21-12)11(10)24(13)8(5-19)6-20-4-2-18/h1,3,5-7H,4,19H2,(H,21,22). The van der Waals surface area contributed by atoms with E-state index < -0.39 is 12.0 Å². The first kappa shape index (κ1) is 15.5. The van der Waals surface area contributed by atoms with Crippen LogP contribution in [-0.2, 0) is 6.18 Å². The molecular weight excluding hydrogens is 323 g/mol. The van der Waals surface area contributed by atoms with Gasteiger partial charge in [-0.1, -0.05) is 0 Å². The fourth-order valence-corrected chi connectivity index (χ4v) is 2.37. The van der Waals surface area contributed by atoms with Crippen molar-refractivity contribution in [1.29, 1.82) is 5.26 Å². The molecule has 0 bridgehead atoms. The monoisotopic (exact) mass is 333 g/mol. The molecule has 0 fully saturated rings. The number of hydrogen-bond acceptors (Lipinski definition) is 5. The molecule has 0 atom stereocenters. The van der Waals surface area contributed by atoms with Crippen LogP contribution in [0.3, 0.4) is 0 Å². The first-order valence-electron chi connectivity index (χ1n) is 6.68. The van der Waals surface area contributed by atoms with Gasteiger partial charge < -0.3 is 10.7 Å². The molecule has 3 aromatic heterocycles. The summed E-state index contributed by atoms with van der Waals surface area (Å²) >= 11 is 0. The molecule has 0 saturated carbocycles. The van der Waals surface area contributed by atoms with E-state index in [1.165, 1.54) is 6.20 Å². The highest BCUT2D eigenvalue weighted by molar-refractivity contribution is 6.09. The smallest absolute Gasteiger partial charge is 0.403 e. The zero-order valence-corrected chi connectivity index (χ0v) is 12.0. The van der Waals surface area contributed by atoms with Crippen LogP contribution >= 0.6 is 0 Å². The number of hydrogen-bond donors (Lipinski definition) is 2. The maximum Gasteiger partial charge on any atom is 0.450 e. The molecule has 24 heavy (non-hydrogen) atoms. The van der Waals surface area contributed by atoms with Gasteiger partial charge in [0, 0.05) is 24.0 Å². The summed E-state index contributed by atoms with van der Waals surface area (Å²) in [6.45, 7) is -0.202. The van der Waals surface area contributed by atoms with E-state index in [2.05, 4.69) is 19.9 Å². The zero-order chi connectivity index (χ0) is 17.3. The second-order valence-electron chi connectivity index (χ2n) is 4.72. The lowest BCUT2D eigenvalue weighted by Gasteiger charge is -2.11. The van der Waals surface area contributed by atoms with Crippen LogP contribution in [0.4, 0.5) is 13.2 Å². The van der Waals surface area contributed by atoms with Crippen LogP contribution in [-0.4, -0.2) is 32.3 Å². The van der Waals surface area contributed by atoms with Crippen molar-refractivity contribution in [3.8, 4) is 6.07 Å². The lowest BCUT2D eigenvalue weighted by molar-refractivity contribution is -0.145. The van der Waals surface area contributed by atoms with E-state index >= 15 is 0 Å². The highest BCUT2D eigenvalue weighted by Gasteiger charge is 2.38. The van der Waals surface area contributed by atoms with E-state index in [1.54, 1.807) is 18.3 Å². The first-order valence-corrected chi connectivity index (χ1v) is 6.68. The largest absolute Gasteiger partial charge is 0.450 e. The number of allylic oxidation sites excluding steroid dienone is 1. The molecule has 10 heteroatoms. The molecule has 0 saturated heterocycles. The van der Waals surface area contributed by atoms with Crippen LogP contribution in [0.1, 0.15) is 5.82 Å². The quantitative estimate of drug-likeness (QED) is 0.566. The van der Waals surface area contributed by atoms with Crippen LogP contribution in [0, 0.1) is 11.3 Å². The number of alkyl halides is 3. The highest BCUT2D eigenvalue weighted by atomic mass is 19.4. The predicted molar refractivity (Wildman–Crippen MR) is 81.8 cm³/mol. The Morgan fingerprint density at radius 3 is 2.96 bits per heavy atom. The van der Waals surface area contributed by atoms with E-state index in [0.717, 1.165) is 17.0 Å². The van der Waals surface area contributed by atoms with Crippen molar-refractivity contribution in [2.45, 2.75) is 6.18 Å². The van der Waals surface area contributed by atoms with Crippen molar-refractivity contribution in [2.24, 2.45) is 10.7 Å². The third-order valence-electron chi connectivity index (χ3n) is 3.27. The molecule has 0 aliphatic rings. The summed E-state index contributed by atoms with van der Waals surface area (Å²) in [6, 6.07) is 3.37. The van der Waals surface area contributed by atoms with Gasteiger partial charge in [-0.3, -0.25) is 9.56 Å². The van der Waals surface area contributed by atoms with Crippen LogP contribution < -0.4 is 5.73 Å². The minimum Gasteiger partial charge on any atom is -0.403 e. The van der Waals surface area contributed by atoms with Gasteiger partial charge in [0.1, 0.15) is 17.7 Å². The van der Waals surface area contributed by atoms with Gasteiger partial charge in [-0.05, 0) is 6.07 Å². The topological polar surface area (TPSA) is 109 Å². The Morgan fingerprint density at radius 2 is 2.29 bits per heavy atom. The third-order valence-corrected chi connectivity index (χ3v) is 3.27. The Morgan fingerprint density at radius 1 is 1.50 bits per heavy atom. The molecule has 0 aromatic carbocycles. The second kappa shape index (κ2) is 5.69. The molecule has 0 aliphatic heterocycles. The number of pyridine rings is 1. The van der Waals surface area contributed by atoms with Gasteiger partial charge in [0.05, 0.1) is 23.5 Å². The predicted octanol–water partition coefficient (Wildman–Crippen LogP) is 2.28. The van der Waals surface area contributed by atoms with E-state index in [0.29, 0.717) is 11.0 Å².